The second-order valence-electron chi connectivity index (χ2n) is 8.24. The molecule has 2 aromatic heterocycles. The zero-order valence-electron chi connectivity index (χ0n) is 19.7. The Morgan fingerprint density at radius 3 is 2.51 bits per heavy atom. The van der Waals surface area contributed by atoms with E-state index >= 15 is 0 Å². The predicted molar refractivity (Wildman–Crippen MR) is 133 cm³/mol. The number of sulfonamides is 1. The van der Waals surface area contributed by atoms with Crippen molar-refractivity contribution in [3.8, 4) is 16.9 Å². The van der Waals surface area contributed by atoms with Gasteiger partial charge in [0, 0.05) is 44.5 Å². The number of anilines is 1. The van der Waals surface area contributed by atoms with Crippen LogP contribution in [0, 0.1) is 0 Å². The van der Waals surface area contributed by atoms with Crippen molar-refractivity contribution < 1.29 is 17.9 Å². The first-order valence-electron chi connectivity index (χ1n) is 11.3. The van der Waals surface area contributed by atoms with Gasteiger partial charge in [0.15, 0.2) is 11.5 Å². The van der Waals surface area contributed by atoms with E-state index in [0.29, 0.717) is 12.4 Å². The standard InChI is InChI=1S/C24H28N6O4S/c1-3-34-20-14-19(15-25-16-20)21-7-5-4-6-18(21)17-29-10-12-30(13-11-29)23-9-8-22(26-27-23)24(31)28-35(2,32)33/h4-9,14-16H,3,10-13,17H2,1-2H3,(H,28,31). The van der Waals surface area contributed by atoms with E-state index in [-0.39, 0.29) is 5.69 Å². The average molecular weight is 497 g/mol. The van der Waals surface area contributed by atoms with Crippen LogP contribution in [0.5, 0.6) is 5.75 Å². The normalized spacial score (nSPS) is 14.5. The maximum atomic E-state index is 11.9. The first-order chi connectivity index (χ1) is 16.8. The summed E-state index contributed by atoms with van der Waals surface area (Å²) in [6.45, 7) is 6.54. The highest BCUT2D eigenvalue weighted by Gasteiger charge is 2.21. The molecular formula is C24H28N6O4S. The topological polar surface area (TPSA) is 118 Å². The Balaban J connectivity index is 1.38. The Morgan fingerprint density at radius 2 is 1.83 bits per heavy atom. The van der Waals surface area contributed by atoms with Crippen molar-refractivity contribution in [3.63, 3.8) is 0 Å². The molecule has 0 atom stereocenters. The lowest BCUT2D eigenvalue weighted by Crippen LogP contribution is -2.46. The molecule has 1 fully saturated rings. The van der Waals surface area contributed by atoms with E-state index in [9.17, 15) is 13.2 Å². The molecule has 3 heterocycles. The lowest BCUT2D eigenvalue weighted by molar-refractivity contribution is 0.0976. The monoisotopic (exact) mass is 496 g/mol. The van der Waals surface area contributed by atoms with E-state index in [2.05, 4.69) is 37.1 Å². The minimum Gasteiger partial charge on any atom is -0.492 e. The van der Waals surface area contributed by atoms with Crippen molar-refractivity contribution in [1.82, 2.24) is 24.8 Å². The highest BCUT2D eigenvalue weighted by molar-refractivity contribution is 7.89. The molecule has 0 spiro atoms. The van der Waals surface area contributed by atoms with Crippen LogP contribution in [-0.2, 0) is 16.6 Å². The summed E-state index contributed by atoms with van der Waals surface area (Å²) in [6.07, 6.45) is 4.50. The summed E-state index contributed by atoms with van der Waals surface area (Å²) in [5, 5.41) is 8.01. The largest absolute Gasteiger partial charge is 0.492 e. The molecule has 1 N–H and O–H groups in total. The van der Waals surface area contributed by atoms with E-state index in [1.165, 1.54) is 11.6 Å². The van der Waals surface area contributed by atoms with Gasteiger partial charge < -0.3 is 9.64 Å². The summed E-state index contributed by atoms with van der Waals surface area (Å²) >= 11 is 0. The van der Waals surface area contributed by atoms with Crippen LogP contribution in [0.2, 0.25) is 0 Å². The molecule has 0 radical (unpaired) electrons. The molecule has 0 aliphatic carbocycles. The summed E-state index contributed by atoms with van der Waals surface area (Å²) in [5.74, 6) is 0.617. The number of benzene rings is 1. The van der Waals surface area contributed by atoms with Crippen LogP contribution < -0.4 is 14.4 Å². The van der Waals surface area contributed by atoms with Crippen molar-refractivity contribution >= 4 is 21.7 Å². The van der Waals surface area contributed by atoms with E-state index in [0.717, 1.165) is 55.9 Å². The van der Waals surface area contributed by atoms with Gasteiger partial charge in [-0.3, -0.25) is 14.7 Å². The average Bonchev–Trinajstić information content (AvgIpc) is 2.84. The van der Waals surface area contributed by atoms with Gasteiger partial charge in [0.2, 0.25) is 10.0 Å². The van der Waals surface area contributed by atoms with E-state index < -0.39 is 15.9 Å². The number of carbonyl (C=O) groups excluding carboxylic acids is 1. The zero-order chi connectivity index (χ0) is 24.8. The molecule has 1 saturated heterocycles. The zero-order valence-corrected chi connectivity index (χ0v) is 20.5. The van der Waals surface area contributed by atoms with E-state index in [4.69, 9.17) is 4.74 Å². The van der Waals surface area contributed by atoms with Crippen LogP contribution in [0.15, 0.2) is 54.9 Å². The fourth-order valence-corrected chi connectivity index (χ4v) is 4.40. The first-order valence-corrected chi connectivity index (χ1v) is 13.2. The fraction of sp³-hybridized carbons (Fsp3) is 0.333. The van der Waals surface area contributed by atoms with Crippen LogP contribution in [-0.4, -0.2) is 73.4 Å². The third kappa shape index (κ3) is 6.52. The SMILES string of the molecule is CCOc1cncc(-c2ccccc2CN2CCN(c3ccc(C(=O)NS(C)(=O)=O)nn3)CC2)c1. The molecule has 4 rings (SSSR count). The van der Waals surface area contributed by atoms with Gasteiger partial charge in [0.05, 0.1) is 19.1 Å². The minimum atomic E-state index is -3.65. The van der Waals surface area contributed by atoms with Crippen molar-refractivity contribution in [2.24, 2.45) is 0 Å². The van der Waals surface area contributed by atoms with Crippen LogP contribution in [0.1, 0.15) is 23.0 Å². The number of piperazine rings is 1. The van der Waals surface area contributed by atoms with Gasteiger partial charge in [0.25, 0.3) is 5.91 Å². The quantitative estimate of drug-likeness (QED) is 0.499. The Bertz CT molecular complexity index is 1280. The number of rotatable bonds is 8. The predicted octanol–water partition coefficient (Wildman–Crippen LogP) is 1.95. The molecule has 35 heavy (non-hydrogen) atoms. The van der Waals surface area contributed by atoms with E-state index in [1.807, 2.05) is 36.0 Å². The molecule has 0 saturated carbocycles. The number of amides is 1. The second kappa shape index (κ2) is 10.8. The molecule has 1 aliphatic heterocycles. The summed E-state index contributed by atoms with van der Waals surface area (Å²) < 4.78 is 30.0. The van der Waals surface area contributed by atoms with Gasteiger partial charge in [0.1, 0.15) is 5.75 Å². The van der Waals surface area contributed by atoms with Gasteiger partial charge in [-0.2, -0.15) is 0 Å². The Kier molecular flexibility index (Phi) is 7.57. The fourth-order valence-electron chi connectivity index (χ4n) is 3.96. The van der Waals surface area contributed by atoms with Crippen molar-refractivity contribution in [2.75, 3.05) is 43.9 Å². The van der Waals surface area contributed by atoms with Crippen molar-refractivity contribution in [1.29, 1.82) is 0 Å². The van der Waals surface area contributed by atoms with Gasteiger partial charge in [-0.25, -0.2) is 13.1 Å². The lowest BCUT2D eigenvalue weighted by Gasteiger charge is -2.35. The van der Waals surface area contributed by atoms with Gasteiger partial charge in [-0.05, 0) is 36.2 Å². The number of aromatic nitrogens is 3. The summed E-state index contributed by atoms with van der Waals surface area (Å²) in [6, 6.07) is 13.5. The highest BCUT2D eigenvalue weighted by atomic mass is 32.2. The summed E-state index contributed by atoms with van der Waals surface area (Å²) in [7, 11) is -3.65. The molecule has 184 valence electrons. The number of hydrogen-bond donors (Lipinski definition) is 1. The molecule has 0 unspecified atom stereocenters. The second-order valence-corrected chi connectivity index (χ2v) is 9.99. The summed E-state index contributed by atoms with van der Waals surface area (Å²) in [5.41, 5.74) is 3.34. The molecule has 1 aromatic carbocycles. The number of nitrogens with one attached hydrogen (secondary N) is 1. The molecule has 3 aromatic rings. The van der Waals surface area contributed by atoms with E-state index in [1.54, 1.807) is 12.3 Å². The molecule has 11 heteroatoms. The highest BCUT2D eigenvalue weighted by Crippen LogP contribution is 2.27. The lowest BCUT2D eigenvalue weighted by atomic mass is 10.0. The van der Waals surface area contributed by atoms with Crippen LogP contribution in [0.3, 0.4) is 0 Å². The van der Waals surface area contributed by atoms with Crippen molar-refractivity contribution in [2.45, 2.75) is 13.5 Å². The Hall–Kier alpha value is -3.57. The molecule has 1 amide bonds. The maximum absolute atomic E-state index is 11.9. The molecule has 1 aliphatic rings. The Labute approximate surface area is 205 Å². The van der Waals surface area contributed by atoms with Crippen LogP contribution in [0.4, 0.5) is 5.82 Å². The molecule has 10 nitrogen and oxygen atoms in total. The number of ether oxygens (including phenoxy) is 1. The first kappa shape index (κ1) is 24.6. The third-order valence-corrected chi connectivity index (χ3v) is 6.16. The third-order valence-electron chi connectivity index (χ3n) is 5.60. The van der Waals surface area contributed by atoms with Gasteiger partial charge in [-0.1, -0.05) is 24.3 Å². The number of carbonyl (C=O) groups is 1. The summed E-state index contributed by atoms with van der Waals surface area (Å²) in [4.78, 5) is 20.7. The van der Waals surface area contributed by atoms with Gasteiger partial charge in [-0.15, -0.1) is 10.2 Å². The number of nitrogens with zero attached hydrogens (tertiary/aromatic N) is 5. The van der Waals surface area contributed by atoms with Crippen LogP contribution >= 0.6 is 0 Å². The number of pyridine rings is 1. The molecular weight excluding hydrogens is 468 g/mol. The number of hydrogen-bond acceptors (Lipinski definition) is 9. The van der Waals surface area contributed by atoms with Crippen LogP contribution in [0.25, 0.3) is 11.1 Å². The minimum absolute atomic E-state index is 0.0442. The van der Waals surface area contributed by atoms with Gasteiger partial charge >= 0.3 is 0 Å². The Morgan fingerprint density at radius 1 is 1.06 bits per heavy atom. The van der Waals surface area contributed by atoms with Crippen molar-refractivity contribution in [3.05, 3.63) is 66.1 Å². The smallest absolute Gasteiger partial charge is 0.285 e. The maximum Gasteiger partial charge on any atom is 0.285 e. The molecule has 0 bridgehead atoms.